The van der Waals surface area contributed by atoms with E-state index in [2.05, 4.69) is 24.1 Å². The lowest BCUT2D eigenvalue weighted by molar-refractivity contribution is 0.595. The van der Waals surface area contributed by atoms with Gasteiger partial charge in [-0.3, -0.25) is 0 Å². The first-order chi connectivity index (χ1) is 8.42. The topological polar surface area (TPSA) is 59.1 Å². The van der Waals surface area contributed by atoms with Crippen LogP contribution in [0.3, 0.4) is 0 Å². The van der Waals surface area contributed by atoms with Crippen molar-refractivity contribution in [3.05, 3.63) is 23.9 Å². The summed E-state index contributed by atoms with van der Waals surface area (Å²) in [5, 5.41) is 4.18. The Labute approximate surface area is 114 Å². The maximum Gasteiger partial charge on any atom is 0.148 e. The summed E-state index contributed by atoms with van der Waals surface area (Å²) < 4.78 is 22.0. The molecule has 0 bridgehead atoms. The SMILES string of the molecule is CCNC(C)c1ccc(SCCS(C)(=O)=O)nc1. The summed E-state index contributed by atoms with van der Waals surface area (Å²) >= 11 is 1.47. The molecule has 0 saturated heterocycles. The minimum atomic E-state index is -2.88. The molecule has 102 valence electrons. The Morgan fingerprint density at radius 2 is 2.17 bits per heavy atom. The molecule has 6 heteroatoms. The van der Waals surface area contributed by atoms with Gasteiger partial charge in [-0.15, -0.1) is 11.8 Å². The second-order valence-corrected chi connectivity index (χ2v) is 7.56. The van der Waals surface area contributed by atoms with Crippen LogP contribution in [0.2, 0.25) is 0 Å². The van der Waals surface area contributed by atoms with E-state index in [1.54, 1.807) is 0 Å². The number of pyridine rings is 1. The lowest BCUT2D eigenvalue weighted by atomic mass is 10.1. The molecule has 0 fully saturated rings. The van der Waals surface area contributed by atoms with E-state index in [1.165, 1.54) is 18.0 Å². The Morgan fingerprint density at radius 3 is 2.67 bits per heavy atom. The molecule has 18 heavy (non-hydrogen) atoms. The van der Waals surface area contributed by atoms with E-state index in [0.717, 1.165) is 17.1 Å². The summed E-state index contributed by atoms with van der Waals surface area (Å²) in [5.74, 6) is 0.739. The lowest BCUT2D eigenvalue weighted by Crippen LogP contribution is -2.17. The molecule has 1 rings (SSSR count). The quantitative estimate of drug-likeness (QED) is 0.776. The van der Waals surface area contributed by atoms with E-state index in [0.29, 0.717) is 5.75 Å². The van der Waals surface area contributed by atoms with Crippen molar-refractivity contribution in [1.29, 1.82) is 0 Å². The Morgan fingerprint density at radius 1 is 1.44 bits per heavy atom. The molecule has 0 aliphatic carbocycles. The van der Waals surface area contributed by atoms with E-state index in [9.17, 15) is 8.42 Å². The minimum Gasteiger partial charge on any atom is -0.310 e. The van der Waals surface area contributed by atoms with Crippen molar-refractivity contribution < 1.29 is 8.42 Å². The molecule has 4 nitrogen and oxygen atoms in total. The fourth-order valence-electron chi connectivity index (χ4n) is 1.45. The van der Waals surface area contributed by atoms with Crippen molar-refractivity contribution in [3.8, 4) is 0 Å². The molecule has 0 aliphatic rings. The number of hydrogen-bond acceptors (Lipinski definition) is 5. The van der Waals surface area contributed by atoms with Crippen molar-refractivity contribution in [2.75, 3.05) is 24.3 Å². The van der Waals surface area contributed by atoms with Crippen LogP contribution in [0.5, 0.6) is 0 Å². The van der Waals surface area contributed by atoms with Crippen LogP contribution < -0.4 is 5.32 Å². The zero-order valence-electron chi connectivity index (χ0n) is 11.0. The van der Waals surface area contributed by atoms with Crippen molar-refractivity contribution in [2.24, 2.45) is 0 Å². The van der Waals surface area contributed by atoms with E-state index < -0.39 is 9.84 Å². The molecule has 1 aromatic rings. The molecular weight excluding hydrogens is 268 g/mol. The van der Waals surface area contributed by atoms with E-state index in [4.69, 9.17) is 0 Å². The first kappa shape index (κ1) is 15.5. The van der Waals surface area contributed by atoms with E-state index in [1.807, 2.05) is 18.3 Å². The molecule has 0 amide bonds. The molecule has 0 spiro atoms. The van der Waals surface area contributed by atoms with Crippen molar-refractivity contribution >= 4 is 21.6 Å². The van der Waals surface area contributed by atoms with Crippen molar-refractivity contribution in [3.63, 3.8) is 0 Å². The number of aromatic nitrogens is 1. The highest BCUT2D eigenvalue weighted by molar-refractivity contribution is 8.00. The second-order valence-electron chi connectivity index (χ2n) is 4.19. The van der Waals surface area contributed by atoms with Gasteiger partial charge in [-0.2, -0.15) is 0 Å². The normalized spacial score (nSPS) is 13.5. The first-order valence-electron chi connectivity index (χ1n) is 5.92. The predicted octanol–water partition coefficient (Wildman–Crippen LogP) is 1.89. The standard InChI is InChI=1S/C12H20N2O2S2/c1-4-13-10(2)11-5-6-12(14-9-11)17-7-8-18(3,15)16/h5-6,9-10,13H,4,7-8H2,1-3H3. The van der Waals surface area contributed by atoms with Crippen LogP contribution >= 0.6 is 11.8 Å². The minimum absolute atomic E-state index is 0.189. The van der Waals surface area contributed by atoms with Gasteiger partial charge in [0.2, 0.25) is 0 Å². The summed E-state index contributed by atoms with van der Waals surface area (Å²) in [6.07, 6.45) is 3.10. The molecule has 1 unspecified atom stereocenters. The predicted molar refractivity (Wildman–Crippen MR) is 76.8 cm³/mol. The summed E-state index contributed by atoms with van der Waals surface area (Å²) in [6, 6.07) is 4.26. The van der Waals surface area contributed by atoms with Gasteiger partial charge >= 0.3 is 0 Å². The fourth-order valence-corrected chi connectivity index (χ4v) is 3.50. The zero-order chi connectivity index (χ0) is 13.6. The lowest BCUT2D eigenvalue weighted by Gasteiger charge is -2.12. The number of nitrogens with one attached hydrogen (secondary N) is 1. The van der Waals surface area contributed by atoms with Crippen LogP contribution in [0.1, 0.15) is 25.5 Å². The van der Waals surface area contributed by atoms with Gasteiger partial charge in [0.15, 0.2) is 0 Å². The molecule has 0 aromatic carbocycles. The maximum absolute atomic E-state index is 11.0. The average Bonchev–Trinajstić information content (AvgIpc) is 2.28. The van der Waals surface area contributed by atoms with Crippen LogP contribution in [-0.2, 0) is 9.84 Å². The molecule has 1 aromatic heterocycles. The van der Waals surface area contributed by atoms with Gasteiger partial charge in [0.1, 0.15) is 9.84 Å². The van der Waals surface area contributed by atoms with Crippen LogP contribution in [0.25, 0.3) is 0 Å². The second kappa shape index (κ2) is 7.11. The average molecular weight is 288 g/mol. The van der Waals surface area contributed by atoms with Crippen molar-refractivity contribution in [2.45, 2.75) is 24.9 Å². The van der Waals surface area contributed by atoms with Crippen molar-refractivity contribution in [1.82, 2.24) is 10.3 Å². The molecule has 1 heterocycles. The van der Waals surface area contributed by atoms with Gasteiger partial charge in [0.05, 0.1) is 10.8 Å². The molecule has 1 atom stereocenters. The van der Waals surface area contributed by atoms with Crippen LogP contribution in [-0.4, -0.2) is 37.7 Å². The Balaban J connectivity index is 2.50. The molecule has 0 aliphatic heterocycles. The largest absolute Gasteiger partial charge is 0.310 e. The summed E-state index contributed by atoms with van der Waals surface area (Å²) in [5.41, 5.74) is 1.14. The van der Waals surface area contributed by atoms with E-state index >= 15 is 0 Å². The third-order valence-electron chi connectivity index (χ3n) is 2.47. The summed E-state index contributed by atoms with van der Waals surface area (Å²) in [6.45, 7) is 5.09. The Bertz CT molecular complexity index is 457. The number of thioether (sulfide) groups is 1. The number of sulfone groups is 1. The highest BCUT2D eigenvalue weighted by Gasteiger charge is 2.06. The Hall–Kier alpha value is -0.590. The van der Waals surface area contributed by atoms with Crippen LogP contribution in [0.15, 0.2) is 23.4 Å². The number of nitrogens with zero attached hydrogens (tertiary/aromatic N) is 1. The van der Waals surface area contributed by atoms with E-state index in [-0.39, 0.29) is 11.8 Å². The maximum atomic E-state index is 11.0. The van der Waals surface area contributed by atoms with Gasteiger partial charge in [0, 0.05) is 24.2 Å². The van der Waals surface area contributed by atoms with Gasteiger partial charge in [-0.1, -0.05) is 13.0 Å². The molecular formula is C12H20N2O2S2. The number of rotatable bonds is 7. The zero-order valence-corrected chi connectivity index (χ0v) is 12.6. The van der Waals surface area contributed by atoms with Gasteiger partial charge in [-0.05, 0) is 25.1 Å². The van der Waals surface area contributed by atoms with Gasteiger partial charge in [0.25, 0.3) is 0 Å². The Kier molecular flexibility index (Phi) is 6.11. The molecule has 1 N–H and O–H groups in total. The fraction of sp³-hybridized carbons (Fsp3) is 0.583. The monoisotopic (exact) mass is 288 g/mol. The van der Waals surface area contributed by atoms with Gasteiger partial charge in [-0.25, -0.2) is 13.4 Å². The summed E-state index contributed by atoms with van der Waals surface area (Å²) in [4.78, 5) is 4.33. The highest BCUT2D eigenvalue weighted by Crippen LogP contribution is 2.18. The molecule has 0 radical (unpaired) electrons. The van der Waals surface area contributed by atoms with Crippen LogP contribution in [0.4, 0.5) is 0 Å². The summed E-state index contributed by atoms with van der Waals surface area (Å²) in [7, 11) is -2.88. The first-order valence-corrected chi connectivity index (χ1v) is 8.97. The smallest absolute Gasteiger partial charge is 0.148 e. The number of hydrogen-bond donors (Lipinski definition) is 1. The third-order valence-corrected chi connectivity index (χ3v) is 4.62. The highest BCUT2D eigenvalue weighted by atomic mass is 32.2. The van der Waals surface area contributed by atoms with Crippen LogP contribution in [0, 0.1) is 0 Å². The molecule has 0 saturated carbocycles. The third kappa shape index (κ3) is 5.84. The van der Waals surface area contributed by atoms with Gasteiger partial charge < -0.3 is 5.32 Å².